The molecule has 4 rings (SSSR count). The van der Waals surface area contributed by atoms with Gasteiger partial charge in [-0.05, 0) is 31.2 Å². The molecule has 2 N–H and O–H groups in total. The second kappa shape index (κ2) is 8.46. The van der Waals surface area contributed by atoms with E-state index in [1.165, 1.54) is 11.3 Å². The molecule has 0 saturated carbocycles. The van der Waals surface area contributed by atoms with Crippen LogP contribution in [-0.2, 0) is 13.0 Å². The molecule has 0 spiro atoms. The average Bonchev–Trinajstić information content (AvgIpc) is 3.38. The van der Waals surface area contributed by atoms with Crippen LogP contribution in [0.3, 0.4) is 0 Å². The van der Waals surface area contributed by atoms with Crippen LogP contribution in [0.5, 0.6) is 5.88 Å². The number of hydrogen-bond acceptors (Lipinski definition) is 6. The normalized spacial score (nSPS) is 10.9. The topological polar surface area (TPSA) is 95.9 Å². The molecule has 4 aromatic rings. The van der Waals surface area contributed by atoms with Gasteiger partial charge in [0.15, 0.2) is 0 Å². The van der Waals surface area contributed by atoms with Crippen LogP contribution in [0.1, 0.15) is 21.7 Å². The van der Waals surface area contributed by atoms with E-state index in [2.05, 4.69) is 14.5 Å². The number of aromatic nitrogens is 4. The molecule has 0 aliphatic heterocycles. The molecular weight excluding hydrogens is 398 g/mol. The summed E-state index contributed by atoms with van der Waals surface area (Å²) in [5.74, 6) is 0.112. The van der Waals surface area contributed by atoms with Crippen molar-refractivity contribution in [2.45, 2.75) is 19.9 Å². The Morgan fingerprint density at radius 3 is 2.77 bits per heavy atom. The van der Waals surface area contributed by atoms with Crippen molar-refractivity contribution in [2.75, 3.05) is 7.11 Å². The van der Waals surface area contributed by atoms with Gasteiger partial charge in [0.1, 0.15) is 5.01 Å². The molecule has 0 unspecified atom stereocenters. The van der Waals surface area contributed by atoms with Crippen molar-refractivity contribution in [3.8, 4) is 27.8 Å². The van der Waals surface area contributed by atoms with Gasteiger partial charge in [0, 0.05) is 53.8 Å². The molecule has 1 amide bonds. The largest absolute Gasteiger partial charge is 0.481 e. The minimum atomic E-state index is -0.444. The Hall–Kier alpha value is -3.52. The van der Waals surface area contributed by atoms with E-state index < -0.39 is 5.91 Å². The van der Waals surface area contributed by atoms with Crippen molar-refractivity contribution in [3.63, 3.8) is 0 Å². The lowest BCUT2D eigenvalue weighted by molar-refractivity contribution is 0.0999. The van der Waals surface area contributed by atoms with Gasteiger partial charge >= 0.3 is 0 Å². The Kier molecular flexibility index (Phi) is 5.58. The highest BCUT2D eigenvalue weighted by atomic mass is 32.1. The first-order valence-electron chi connectivity index (χ1n) is 9.43. The van der Waals surface area contributed by atoms with E-state index in [1.54, 1.807) is 25.6 Å². The molecule has 30 heavy (non-hydrogen) atoms. The van der Waals surface area contributed by atoms with Crippen molar-refractivity contribution >= 4 is 17.2 Å². The maximum atomic E-state index is 11.9. The lowest BCUT2D eigenvalue weighted by atomic mass is 10.2. The maximum absolute atomic E-state index is 11.9. The van der Waals surface area contributed by atoms with Crippen molar-refractivity contribution in [1.29, 1.82) is 0 Å². The van der Waals surface area contributed by atoms with Crippen molar-refractivity contribution in [2.24, 2.45) is 5.73 Å². The number of primary amides is 1. The van der Waals surface area contributed by atoms with Gasteiger partial charge in [0.2, 0.25) is 5.88 Å². The first-order valence-corrected chi connectivity index (χ1v) is 10.3. The molecule has 7 nitrogen and oxygen atoms in total. The summed E-state index contributed by atoms with van der Waals surface area (Å²) >= 11 is 1.52. The fourth-order valence-corrected chi connectivity index (χ4v) is 4.12. The number of methoxy groups -OCH3 is 1. The van der Waals surface area contributed by atoms with E-state index in [4.69, 9.17) is 15.5 Å². The van der Waals surface area contributed by atoms with Crippen LogP contribution in [0.15, 0.2) is 54.2 Å². The third-order valence-electron chi connectivity index (χ3n) is 4.91. The summed E-state index contributed by atoms with van der Waals surface area (Å²) < 4.78 is 7.20. The zero-order valence-electron chi connectivity index (χ0n) is 16.7. The standard InChI is InChI=1S/C22H21N5O2S/c1-14-17(21(23)28)11-19(27(14)10-8-16-5-3-4-9-24-16)18-13-30-22(26-18)15-6-7-20(29-2)25-12-15/h3-7,9,11-13H,8,10H2,1-2H3,(H2,23,28). The van der Waals surface area contributed by atoms with Gasteiger partial charge < -0.3 is 15.0 Å². The fourth-order valence-electron chi connectivity index (χ4n) is 3.32. The van der Waals surface area contributed by atoms with Gasteiger partial charge in [-0.25, -0.2) is 9.97 Å². The first kappa shape index (κ1) is 19.8. The van der Waals surface area contributed by atoms with Gasteiger partial charge in [-0.3, -0.25) is 9.78 Å². The summed E-state index contributed by atoms with van der Waals surface area (Å²) in [4.78, 5) is 25.4. The molecule has 0 radical (unpaired) electrons. The highest BCUT2D eigenvalue weighted by molar-refractivity contribution is 7.13. The summed E-state index contributed by atoms with van der Waals surface area (Å²) in [6.07, 6.45) is 4.26. The summed E-state index contributed by atoms with van der Waals surface area (Å²) in [6, 6.07) is 11.4. The second-order valence-electron chi connectivity index (χ2n) is 6.74. The lowest BCUT2D eigenvalue weighted by Gasteiger charge is -2.10. The van der Waals surface area contributed by atoms with Crippen LogP contribution in [0.4, 0.5) is 0 Å². The summed E-state index contributed by atoms with van der Waals surface area (Å²) in [7, 11) is 1.58. The predicted molar refractivity (Wildman–Crippen MR) is 117 cm³/mol. The summed E-state index contributed by atoms with van der Waals surface area (Å²) in [6.45, 7) is 2.57. The fraction of sp³-hybridized carbons (Fsp3) is 0.182. The smallest absolute Gasteiger partial charge is 0.250 e. The number of rotatable bonds is 7. The van der Waals surface area contributed by atoms with E-state index in [0.717, 1.165) is 39.8 Å². The van der Waals surface area contributed by atoms with Crippen LogP contribution in [0.2, 0.25) is 0 Å². The molecule has 0 aromatic carbocycles. The molecule has 0 aliphatic carbocycles. The third-order valence-corrected chi connectivity index (χ3v) is 5.80. The molecule has 4 aromatic heterocycles. The zero-order chi connectivity index (χ0) is 21.1. The van der Waals surface area contributed by atoms with Crippen LogP contribution < -0.4 is 10.5 Å². The zero-order valence-corrected chi connectivity index (χ0v) is 17.5. The maximum Gasteiger partial charge on any atom is 0.250 e. The number of ether oxygens (including phenoxy) is 1. The van der Waals surface area contributed by atoms with E-state index in [0.29, 0.717) is 18.0 Å². The average molecular weight is 420 g/mol. The van der Waals surface area contributed by atoms with Crippen LogP contribution >= 0.6 is 11.3 Å². The number of aryl methyl sites for hydroxylation is 1. The Morgan fingerprint density at radius 2 is 2.10 bits per heavy atom. The van der Waals surface area contributed by atoms with E-state index in [1.807, 2.05) is 42.6 Å². The first-order chi connectivity index (χ1) is 14.6. The number of carbonyl (C=O) groups is 1. The van der Waals surface area contributed by atoms with Crippen molar-refractivity contribution in [1.82, 2.24) is 19.5 Å². The lowest BCUT2D eigenvalue weighted by Crippen LogP contribution is -2.13. The molecule has 0 fully saturated rings. The number of nitrogens with two attached hydrogens (primary N) is 1. The predicted octanol–water partition coefficient (Wildman–Crippen LogP) is 3.73. The Balaban J connectivity index is 1.68. The molecule has 0 saturated heterocycles. The van der Waals surface area contributed by atoms with Crippen LogP contribution in [0, 0.1) is 6.92 Å². The number of carbonyl (C=O) groups excluding carboxylic acids is 1. The monoisotopic (exact) mass is 419 g/mol. The molecule has 0 bridgehead atoms. The van der Waals surface area contributed by atoms with E-state index in [9.17, 15) is 4.79 Å². The number of hydrogen-bond donors (Lipinski definition) is 1. The van der Waals surface area contributed by atoms with Crippen LogP contribution in [0.25, 0.3) is 22.0 Å². The van der Waals surface area contributed by atoms with Crippen LogP contribution in [-0.4, -0.2) is 32.5 Å². The molecule has 152 valence electrons. The highest BCUT2D eigenvalue weighted by Crippen LogP contribution is 2.31. The SMILES string of the molecule is COc1ccc(-c2nc(-c3cc(C(N)=O)c(C)n3CCc3ccccn3)cs2)cn1. The molecule has 0 atom stereocenters. The molecule has 4 heterocycles. The number of thiazole rings is 1. The Morgan fingerprint density at radius 1 is 1.23 bits per heavy atom. The molecule has 8 heteroatoms. The Labute approximate surface area is 178 Å². The van der Waals surface area contributed by atoms with Gasteiger partial charge in [0.05, 0.1) is 24.1 Å². The molecule has 0 aliphatic rings. The summed E-state index contributed by atoms with van der Waals surface area (Å²) in [5.41, 5.74) is 10.5. The quantitative estimate of drug-likeness (QED) is 0.492. The van der Waals surface area contributed by atoms with Gasteiger partial charge in [-0.1, -0.05) is 6.07 Å². The third kappa shape index (κ3) is 3.95. The van der Waals surface area contributed by atoms with E-state index in [-0.39, 0.29) is 0 Å². The minimum absolute atomic E-state index is 0.444. The van der Waals surface area contributed by atoms with E-state index >= 15 is 0 Å². The van der Waals surface area contributed by atoms with Crippen molar-refractivity contribution in [3.05, 3.63) is 71.1 Å². The van der Waals surface area contributed by atoms with Gasteiger partial charge in [-0.15, -0.1) is 11.3 Å². The summed E-state index contributed by atoms with van der Waals surface area (Å²) in [5, 5.41) is 2.83. The number of nitrogens with zero attached hydrogens (tertiary/aromatic N) is 4. The van der Waals surface area contributed by atoms with Crippen molar-refractivity contribution < 1.29 is 9.53 Å². The number of pyridine rings is 2. The number of amides is 1. The highest BCUT2D eigenvalue weighted by Gasteiger charge is 2.19. The second-order valence-corrected chi connectivity index (χ2v) is 7.60. The van der Waals surface area contributed by atoms with Gasteiger partial charge in [0.25, 0.3) is 5.91 Å². The Bertz CT molecular complexity index is 1170. The minimum Gasteiger partial charge on any atom is -0.481 e. The molecular formula is C22H21N5O2S. The van der Waals surface area contributed by atoms with Gasteiger partial charge in [-0.2, -0.15) is 0 Å².